The van der Waals surface area contributed by atoms with Gasteiger partial charge in [-0.25, -0.2) is 4.39 Å². The Labute approximate surface area is 204 Å². The number of fused-ring (bicyclic) bond motifs is 1. The summed E-state index contributed by atoms with van der Waals surface area (Å²) in [7, 11) is 0. The number of Topliss-reactive ketones (excluding diaryl/α,β-unsaturated/α-hetero) is 1. The van der Waals surface area contributed by atoms with Crippen LogP contribution < -0.4 is 5.32 Å². The molecule has 1 N–H and O–H groups in total. The van der Waals surface area contributed by atoms with Crippen molar-refractivity contribution in [3.05, 3.63) is 42.2 Å². The summed E-state index contributed by atoms with van der Waals surface area (Å²) in [6.07, 6.45) is 1.29. The molecule has 8 nitrogen and oxygen atoms in total. The number of hydrogen-bond acceptors (Lipinski definition) is 7. The highest BCUT2D eigenvalue weighted by atomic mass is 19.1. The van der Waals surface area contributed by atoms with Gasteiger partial charge in [-0.2, -0.15) is 0 Å². The van der Waals surface area contributed by atoms with Crippen LogP contribution >= 0.6 is 0 Å². The zero-order valence-electron chi connectivity index (χ0n) is 20.8. The van der Waals surface area contributed by atoms with E-state index >= 15 is 0 Å². The van der Waals surface area contributed by atoms with E-state index < -0.39 is 42.4 Å². The predicted octanol–water partition coefficient (Wildman–Crippen LogP) is 3.76. The van der Waals surface area contributed by atoms with Gasteiger partial charge in [0.05, 0.1) is 18.7 Å². The second kappa shape index (κ2) is 10.5. The molecule has 0 bridgehead atoms. The van der Waals surface area contributed by atoms with Gasteiger partial charge < -0.3 is 14.9 Å². The minimum absolute atomic E-state index is 0.0997. The summed E-state index contributed by atoms with van der Waals surface area (Å²) in [5.74, 6) is -2.62. The van der Waals surface area contributed by atoms with Gasteiger partial charge in [0.1, 0.15) is 18.4 Å². The standard InChI is InChI=1S/C26H32FN3O5/c1-16(2)26(13-20(30-35-26)23-18-9-7-6-8-17(18)10-11-28-23)24(33)29-19(21(31)14-27)12-22(32)34-15-25(3,4)5/h6-11,16,19H,12-15H2,1-5H3,(H,29,33)/t19-,26+/m0/s1. The molecule has 0 aliphatic carbocycles. The van der Waals surface area contributed by atoms with Gasteiger partial charge in [-0.1, -0.05) is 64.0 Å². The molecule has 0 saturated heterocycles. The molecule has 3 rings (SSSR count). The Kier molecular flexibility index (Phi) is 7.87. The third-order valence-electron chi connectivity index (χ3n) is 5.88. The second-order valence-electron chi connectivity index (χ2n) is 10.3. The zero-order valence-corrected chi connectivity index (χ0v) is 20.8. The minimum Gasteiger partial charge on any atom is -0.465 e. The first-order valence-corrected chi connectivity index (χ1v) is 11.6. The minimum atomic E-state index is -1.45. The van der Waals surface area contributed by atoms with E-state index in [0.717, 1.165) is 10.8 Å². The molecule has 9 heteroatoms. The lowest BCUT2D eigenvalue weighted by Crippen LogP contribution is -2.55. The summed E-state index contributed by atoms with van der Waals surface area (Å²) >= 11 is 0. The number of ether oxygens (including phenoxy) is 1. The van der Waals surface area contributed by atoms with Crippen LogP contribution in [0.1, 0.15) is 53.2 Å². The molecule has 1 aromatic heterocycles. The highest BCUT2D eigenvalue weighted by molar-refractivity contribution is 6.12. The number of carbonyl (C=O) groups is 3. The number of oxime groups is 1. The lowest BCUT2D eigenvalue weighted by molar-refractivity contribution is -0.153. The largest absolute Gasteiger partial charge is 0.465 e. The normalized spacial score (nSPS) is 18.7. The molecule has 0 unspecified atom stereocenters. The third kappa shape index (κ3) is 6.01. The van der Waals surface area contributed by atoms with Crippen molar-refractivity contribution in [1.82, 2.24) is 10.3 Å². The number of alkyl halides is 1. The van der Waals surface area contributed by atoms with E-state index in [4.69, 9.17) is 9.57 Å². The van der Waals surface area contributed by atoms with Crippen LogP contribution in [0.5, 0.6) is 0 Å². The summed E-state index contributed by atoms with van der Waals surface area (Å²) in [4.78, 5) is 48.1. The fraction of sp³-hybridized carbons (Fsp3) is 0.500. The van der Waals surface area contributed by atoms with E-state index in [2.05, 4.69) is 15.5 Å². The topological polar surface area (TPSA) is 107 Å². The number of benzene rings is 1. The van der Waals surface area contributed by atoms with Gasteiger partial charge in [-0.3, -0.25) is 19.4 Å². The van der Waals surface area contributed by atoms with Crippen LogP contribution in [0.4, 0.5) is 4.39 Å². The predicted molar refractivity (Wildman–Crippen MR) is 129 cm³/mol. The lowest BCUT2D eigenvalue weighted by Gasteiger charge is -2.30. The maximum absolute atomic E-state index is 13.4. The van der Waals surface area contributed by atoms with Gasteiger partial charge in [0.25, 0.3) is 5.91 Å². The number of nitrogens with zero attached hydrogens (tertiary/aromatic N) is 2. The van der Waals surface area contributed by atoms with Crippen LogP contribution in [-0.2, 0) is 24.0 Å². The summed E-state index contributed by atoms with van der Waals surface area (Å²) in [6, 6.07) is 8.17. The fourth-order valence-electron chi connectivity index (χ4n) is 3.76. The summed E-state index contributed by atoms with van der Waals surface area (Å²) in [5, 5.41) is 8.54. The maximum atomic E-state index is 13.4. The average Bonchev–Trinajstić information content (AvgIpc) is 3.28. The maximum Gasteiger partial charge on any atom is 0.308 e. The van der Waals surface area contributed by atoms with Crippen LogP contribution in [-0.4, -0.2) is 53.3 Å². The number of esters is 1. The first-order valence-electron chi connectivity index (χ1n) is 11.6. The number of amides is 1. The van der Waals surface area contributed by atoms with Crippen molar-refractivity contribution in [2.75, 3.05) is 13.3 Å². The molecule has 35 heavy (non-hydrogen) atoms. The monoisotopic (exact) mass is 485 g/mol. The number of nitrogens with one attached hydrogen (secondary N) is 1. The number of halogens is 1. The molecule has 188 valence electrons. The first kappa shape index (κ1) is 26.2. The van der Waals surface area contributed by atoms with Crippen molar-refractivity contribution in [1.29, 1.82) is 0 Å². The van der Waals surface area contributed by atoms with E-state index in [1.165, 1.54) is 0 Å². The van der Waals surface area contributed by atoms with E-state index in [0.29, 0.717) is 11.4 Å². The molecule has 1 aliphatic heterocycles. The van der Waals surface area contributed by atoms with Crippen molar-refractivity contribution < 1.29 is 28.3 Å². The summed E-state index contributed by atoms with van der Waals surface area (Å²) in [5.41, 5.74) is -0.636. The van der Waals surface area contributed by atoms with Gasteiger partial charge in [0.15, 0.2) is 5.78 Å². The number of ketones is 1. The Bertz CT molecular complexity index is 1140. The first-order chi connectivity index (χ1) is 16.5. The number of carbonyl (C=O) groups excluding carboxylic acids is 3. The Morgan fingerprint density at radius 1 is 1.20 bits per heavy atom. The molecular weight excluding hydrogens is 453 g/mol. The molecule has 0 radical (unpaired) electrons. The highest BCUT2D eigenvalue weighted by Crippen LogP contribution is 2.35. The Morgan fingerprint density at radius 3 is 2.57 bits per heavy atom. The molecule has 2 heterocycles. The van der Waals surface area contributed by atoms with Gasteiger partial charge in [0.2, 0.25) is 5.60 Å². The lowest BCUT2D eigenvalue weighted by atomic mass is 9.83. The second-order valence-corrected chi connectivity index (χ2v) is 10.3. The van der Waals surface area contributed by atoms with E-state index in [9.17, 15) is 18.8 Å². The van der Waals surface area contributed by atoms with Crippen LogP contribution in [0.25, 0.3) is 10.8 Å². The van der Waals surface area contributed by atoms with Crippen molar-refractivity contribution in [3.63, 3.8) is 0 Å². The Hall–Kier alpha value is -3.36. The summed E-state index contributed by atoms with van der Waals surface area (Å²) < 4.78 is 18.5. The number of aromatic nitrogens is 1. The number of rotatable bonds is 9. The van der Waals surface area contributed by atoms with E-state index in [1.54, 1.807) is 20.0 Å². The molecular formula is C26H32FN3O5. The average molecular weight is 486 g/mol. The zero-order chi connectivity index (χ0) is 25.8. The summed E-state index contributed by atoms with van der Waals surface area (Å²) in [6.45, 7) is 8.05. The molecule has 2 atom stereocenters. The molecule has 0 spiro atoms. The molecule has 2 aromatic rings. The fourth-order valence-corrected chi connectivity index (χ4v) is 3.76. The van der Waals surface area contributed by atoms with Gasteiger partial charge in [-0.15, -0.1) is 0 Å². The number of pyridine rings is 1. The van der Waals surface area contributed by atoms with Gasteiger partial charge in [-0.05, 0) is 16.9 Å². The smallest absolute Gasteiger partial charge is 0.308 e. The highest BCUT2D eigenvalue weighted by Gasteiger charge is 2.51. The third-order valence-corrected chi connectivity index (χ3v) is 5.88. The van der Waals surface area contributed by atoms with Crippen molar-refractivity contribution in [2.45, 2.75) is 59.1 Å². The quantitative estimate of drug-likeness (QED) is 0.542. The van der Waals surface area contributed by atoms with E-state index in [-0.39, 0.29) is 24.4 Å². The number of hydrogen-bond donors (Lipinski definition) is 1. The van der Waals surface area contributed by atoms with E-state index in [1.807, 2.05) is 51.1 Å². The van der Waals surface area contributed by atoms with Crippen LogP contribution in [0.2, 0.25) is 0 Å². The SMILES string of the molecule is CC(C)[C@@]1(C(=O)N[C@@H](CC(=O)OCC(C)(C)C)C(=O)CF)CC(c2nccc3ccccc23)=NO1. The van der Waals surface area contributed by atoms with Crippen LogP contribution in [0, 0.1) is 11.3 Å². The molecule has 1 aromatic carbocycles. The van der Waals surface area contributed by atoms with Gasteiger partial charge >= 0.3 is 5.97 Å². The molecule has 1 aliphatic rings. The Balaban J connectivity index is 1.79. The van der Waals surface area contributed by atoms with Gasteiger partial charge in [0, 0.05) is 23.9 Å². The Morgan fingerprint density at radius 2 is 1.91 bits per heavy atom. The van der Waals surface area contributed by atoms with Crippen LogP contribution in [0.15, 0.2) is 41.7 Å². The van der Waals surface area contributed by atoms with Crippen LogP contribution in [0.3, 0.4) is 0 Å². The molecule has 0 saturated carbocycles. The van der Waals surface area contributed by atoms with Crippen molar-refractivity contribution >= 4 is 34.1 Å². The molecule has 0 fully saturated rings. The van der Waals surface area contributed by atoms with Crippen molar-refractivity contribution in [2.24, 2.45) is 16.5 Å². The molecule has 1 amide bonds. The van der Waals surface area contributed by atoms with Crippen molar-refractivity contribution in [3.8, 4) is 0 Å².